The van der Waals surface area contributed by atoms with Gasteiger partial charge in [-0.2, -0.15) is 0 Å². The summed E-state index contributed by atoms with van der Waals surface area (Å²) in [5.41, 5.74) is 0. The molecule has 0 unspecified atom stereocenters. The fourth-order valence-electron chi connectivity index (χ4n) is 1.33. The molecule has 0 aliphatic heterocycles. The van der Waals surface area contributed by atoms with Crippen LogP contribution in [0.3, 0.4) is 0 Å². The van der Waals surface area contributed by atoms with Crippen molar-refractivity contribution in [3.8, 4) is 5.75 Å². The fourth-order valence-corrected chi connectivity index (χ4v) is 2.36. The van der Waals surface area contributed by atoms with Crippen LogP contribution in [-0.4, -0.2) is 37.2 Å². The van der Waals surface area contributed by atoms with Gasteiger partial charge in [-0.25, -0.2) is 0 Å². The average Bonchev–Trinajstić information content (AvgIpc) is 2.37. The number of aliphatic carboxylic acids is 1. The Morgan fingerprint density at radius 2 is 2.21 bits per heavy atom. The van der Waals surface area contributed by atoms with Crippen LogP contribution in [-0.2, 0) is 9.53 Å². The van der Waals surface area contributed by atoms with Crippen LogP contribution < -0.4 is 4.74 Å². The van der Waals surface area contributed by atoms with E-state index in [2.05, 4.69) is 0 Å². The van der Waals surface area contributed by atoms with Gasteiger partial charge in [-0.1, -0.05) is 11.6 Å². The Hall–Kier alpha value is -0.910. The van der Waals surface area contributed by atoms with Gasteiger partial charge in [-0.15, -0.1) is 11.8 Å². The highest BCUT2D eigenvalue weighted by Crippen LogP contribution is 2.30. The zero-order valence-electron chi connectivity index (χ0n) is 10.7. The van der Waals surface area contributed by atoms with E-state index in [-0.39, 0.29) is 6.42 Å². The molecule has 0 atom stereocenters. The number of carboxylic acids is 1. The van der Waals surface area contributed by atoms with E-state index in [1.807, 2.05) is 12.1 Å². The first-order valence-electron chi connectivity index (χ1n) is 5.89. The highest BCUT2D eigenvalue weighted by molar-refractivity contribution is 7.99. The van der Waals surface area contributed by atoms with E-state index in [4.69, 9.17) is 26.2 Å². The standard InChI is InChI=1S/C13H17ClO4S/c1-17-6-2-7-18-12-9-10(3-4-11(12)14)19-8-5-13(15)16/h3-4,9H,2,5-8H2,1H3,(H,15,16). The number of rotatable bonds is 9. The van der Waals surface area contributed by atoms with E-state index in [0.717, 1.165) is 11.3 Å². The fraction of sp³-hybridized carbons (Fsp3) is 0.462. The van der Waals surface area contributed by atoms with Crippen LogP contribution in [0.25, 0.3) is 0 Å². The lowest BCUT2D eigenvalue weighted by Crippen LogP contribution is -2.01. The number of ether oxygens (including phenoxy) is 2. The summed E-state index contributed by atoms with van der Waals surface area (Å²) >= 11 is 7.51. The lowest BCUT2D eigenvalue weighted by molar-refractivity contribution is -0.136. The Labute approximate surface area is 122 Å². The summed E-state index contributed by atoms with van der Waals surface area (Å²) in [4.78, 5) is 11.4. The molecule has 0 fully saturated rings. The van der Waals surface area contributed by atoms with E-state index < -0.39 is 5.97 Å². The number of methoxy groups -OCH3 is 1. The SMILES string of the molecule is COCCCOc1cc(SCCC(=O)O)ccc1Cl. The van der Waals surface area contributed by atoms with Gasteiger partial charge in [0.15, 0.2) is 0 Å². The maximum atomic E-state index is 10.4. The molecule has 1 aromatic rings. The molecule has 1 aromatic carbocycles. The molecule has 6 heteroatoms. The number of benzene rings is 1. The summed E-state index contributed by atoms with van der Waals surface area (Å²) in [6, 6.07) is 5.45. The van der Waals surface area contributed by atoms with Gasteiger partial charge in [0.1, 0.15) is 5.75 Å². The molecule has 1 N–H and O–H groups in total. The predicted octanol–water partition coefficient (Wildman–Crippen LogP) is 3.32. The van der Waals surface area contributed by atoms with Crippen molar-refractivity contribution >= 4 is 29.3 Å². The van der Waals surface area contributed by atoms with Crippen LogP contribution in [0.2, 0.25) is 5.02 Å². The van der Waals surface area contributed by atoms with Crippen LogP contribution in [0.15, 0.2) is 23.1 Å². The summed E-state index contributed by atoms with van der Waals surface area (Å²) in [5.74, 6) is 0.357. The van der Waals surface area contributed by atoms with E-state index in [0.29, 0.717) is 29.7 Å². The van der Waals surface area contributed by atoms with Gasteiger partial charge < -0.3 is 14.6 Å². The van der Waals surface area contributed by atoms with Gasteiger partial charge in [0.2, 0.25) is 0 Å². The Balaban J connectivity index is 2.48. The molecule has 0 aliphatic rings. The normalized spacial score (nSPS) is 10.4. The summed E-state index contributed by atoms with van der Waals surface area (Å²) in [5, 5.41) is 9.14. The zero-order valence-corrected chi connectivity index (χ0v) is 12.3. The van der Waals surface area contributed by atoms with Crippen molar-refractivity contribution in [2.75, 3.05) is 26.1 Å². The van der Waals surface area contributed by atoms with Crippen molar-refractivity contribution in [2.45, 2.75) is 17.7 Å². The molecular formula is C13H17ClO4S. The van der Waals surface area contributed by atoms with E-state index in [1.165, 1.54) is 11.8 Å². The summed E-state index contributed by atoms with van der Waals surface area (Å²) in [6.45, 7) is 1.18. The maximum absolute atomic E-state index is 10.4. The van der Waals surface area contributed by atoms with Crippen LogP contribution in [0.5, 0.6) is 5.75 Å². The van der Waals surface area contributed by atoms with Gasteiger partial charge in [0.25, 0.3) is 0 Å². The Kier molecular flexibility index (Phi) is 7.70. The van der Waals surface area contributed by atoms with Gasteiger partial charge in [-0.3, -0.25) is 4.79 Å². The first-order chi connectivity index (χ1) is 9.13. The number of thioether (sulfide) groups is 1. The van der Waals surface area contributed by atoms with Crippen LogP contribution in [0.4, 0.5) is 0 Å². The lowest BCUT2D eigenvalue weighted by Gasteiger charge is -2.09. The largest absolute Gasteiger partial charge is 0.492 e. The molecule has 0 radical (unpaired) electrons. The van der Waals surface area contributed by atoms with Crippen molar-refractivity contribution in [1.29, 1.82) is 0 Å². The molecule has 0 saturated heterocycles. The molecule has 19 heavy (non-hydrogen) atoms. The molecule has 0 heterocycles. The third-order valence-corrected chi connectivity index (χ3v) is 3.55. The molecule has 106 valence electrons. The number of carbonyl (C=O) groups is 1. The number of hydrogen-bond donors (Lipinski definition) is 1. The summed E-state index contributed by atoms with van der Waals surface area (Å²) in [6.07, 6.45) is 0.931. The second-order valence-corrected chi connectivity index (χ2v) is 5.35. The topological polar surface area (TPSA) is 55.8 Å². The van der Waals surface area contributed by atoms with Crippen molar-refractivity contribution in [3.63, 3.8) is 0 Å². The van der Waals surface area contributed by atoms with Gasteiger partial charge in [0, 0.05) is 30.8 Å². The lowest BCUT2D eigenvalue weighted by atomic mass is 10.3. The second-order valence-electron chi connectivity index (χ2n) is 3.78. The first-order valence-corrected chi connectivity index (χ1v) is 7.25. The van der Waals surface area contributed by atoms with Crippen molar-refractivity contribution < 1.29 is 19.4 Å². The zero-order chi connectivity index (χ0) is 14.1. The minimum absolute atomic E-state index is 0.136. The first kappa shape index (κ1) is 16.1. The quantitative estimate of drug-likeness (QED) is 0.560. The van der Waals surface area contributed by atoms with Gasteiger partial charge >= 0.3 is 5.97 Å². The number of carboxylic acid groups (broad SMARTS) is 1. The monoisotopic (exact) mass is 304 g/mol. The predicted molar refractivity (Wildman–Crippen MR) is 76.4 cm³/mol. The highest BCUT2D eigenvalue weighted by Gasteiger charge is 2.05. The van der Waals surface area contributed by atoms with Gasteiger partial charge in [0.05, 0.1) is 18.1 Å². The maximum Gasteiger partial charge on any atom is 0.304 e. The summed E-state index contributed by atoms with van der Waals surface area (Å²) < 4.78 is 10.5. The third kappa shape index (κ3) is 6.71. The van der Waals surface area contributed by atoms with Crippen molar-refractivity contribution in [2.24, 2.45) is 0 Å². The molecule has 4 nitrogen and oxygen atoms in total. The summed E-state index contributed by atoms with van der Waals surface area (Å²) in [7, 11) is 1.65. The van der Waals surface area contributed by atoms with Crippen LogP contribution >= 0.6 is 23.4 Å². The van der Waals surface area contributed by atoms with E-state index in [1.54, 1.807) is 13.2 Å². The van der Waals surface area contributed by atoms with E-state index >= 15 is 0 Å². The Bertz CT molecular complexity index is 412. The Morgan fingerprint density at radius 3 is 2.89 bits per heavy atom. The minimum atomic E-state index is -0.794. The smallest absolute Gasteiger partial charge is 0.304 e. The average molecular weight is 305 g/mol. The molecule has 0 bridgehead atoms. The second kappa shape index (κ2) is 9.07. The van der Waals surface area contributed by atoms with Crippen LogP contribution in [0, 0.1) is 0 Å². The van der Waals surface area contributed by atoms with Gasteiger partial charge in [-0.05, 0) is 18.2 Å². The Morgan fingerprint density at radius 1 is 1.42 bits per heavy atom. The molecule has 0 aromatic heterocycles. The highest BCUT2D eigenvalue weighted by atomic mass is 35.5. The molecule has 0 amide bonds. The number of halogens is 1. The van der Waals surface area contributed by atoms with Crippen LogP contribution in [0.1, 0.15) is 12.8 Å². The van der Waals surface area contributed by atoms with Crippen molar-refractivity contribution in [1.82, 2.24) is 0 Å². The minimum Gasteiger partial charge on any atom is -0.492 e. The van der Waals surface area contributed by atoms with E-state index in [9.17, 15) is 4.79 Å². The number of hydrogen-bond acceptors (Lipinski definition) is 4. The molecule has 0 spiro atoms. The third-order valence-electron chi connectivity index (χ3n) is 2.24. The molecule has 0 saturated carbocycles. The molecular weight excluding hydrogens is 288 g/mol. The molecule has 1 rings (SSSR count). The molecule has 0 aliphatic carbocycles. The van der Waals surface area contributed by atoms with Crippen molar-refractivity contribution in [3.05, 3.63) is 23.2 Å².